The van der Waals surface area contributed by atoms with E-state index < -0.39 is 0 Å². The predicted octanol–water partition coefficient (Wildman–Crippen LogP) is 3.54. The van der Waals surface area contributed by atoms with Crippen LogP contribution in [0.3, 0.4) is 0 Å². The van der Waals surface area contributed by atoms with Crippen LogP contribution in [-0.4, -0.2) is 12.5 Å². The van der Waals surface area contributed by atoms with Crippen LogP contribution in [0.5, 0.6) is 0 Å². The summed E-state index contributed by atoms with van der Waals surface area (Å²) in [6.07, 6.45) is 0.820. The van der Waals surface area contributed by atoms with E-state index in [1.54, 1.807) is 0 Å². The molecule has 1 amide bonds. The maximum absolute atomic E-state index is 12.7. The zero-order valence-corrected chi connectivity index (χ0v) is 12.8. The van der Waals surface area contributed by atoms with Gasteiger partial charge in [0, 0.05) is 33.5 Å². The van der Waals surface area contributed by atoms with Gasteiger partial charge in [-0.25, -0.2) is 0 Å². The number of rotatable bonds is 1. The molecule has 0 bridgehead atoms. The maximum Gasteiger partial charge on any atom is 0.258 e. The molecular formula is C16H15BrN2O. The number of benzene rings is 2. The molecule has 0 aromatic heterocycles. The highest BCUT2D eigenvalue weighted by molar-refractivity contribution is 9.10. The number of hydrogen-bond acceptors (Lipinski definition) is 2. The predicted molar refractivity (Wildman–Crippen MR) is 85.1 cm³/mol. The number of nitrogen functional groups attached to an aromatic ring is 1. The van der Waals surface area contributed by atoms with E-state index in [1.165, 1.54) is 0 Å². The summed E-state index contributed by atoms with van der Waals surface area (Å²) in [5, 5.41) is 0. The molecule has 0 saturated carbocycles. The number of carbonyl (C=O) groups excluding carboxylic acids is 1. The van der Waals surface area contributed by atoms with Gasteiger partial charge < -0.3 is 10.6 Å². The van der Waals surface area contributed by atoms with Crippen LogP contribution in [0.2, 0.25) is 0 Å². The van der Waals surface area contributed by atoms with Gasteiger partial charge in [0.1, 0.15) is 0 Å². The van der Waals surface area contributed by atoms with Crippen molar-refractivity contribution in [3.63, 3.8) is 0 Å². The number of fused-ring (bicyclic) bond motifs is 1. The quantitative estimate of drug-likeness (QED) is 0.813. The first-order chi connectivity index (χ1) is 9.56. The highest BCUT2D eigenvalue weighted by Crippen LogP contribution is 2.33. The van der Waals surface area contributed by atoms with Gasteiger partial charge in [0.15, 0.2) is 0 Å². The van der Waals surface area contributed by atoms with Gasteiger partial charge >= 0.3 is 0 Å². The smallest absolute Gasteiger partial charge is 0.258 e. The van der Waals surface area contributed by atoms with Crippen LogP contribution < -0.4 is 10.6 Å². The van der Waals surface area contributed by atoms with Gasteiger partial charge in [0.25, 0.3) is 5.91 Å². The Labute approximate surface area is 126 Å². The third-order valence-corrected chi connectivity index (χ3v) is 4.06. The number of carbonyl (C=O) groups is 1. The molecule has 0 aliphatic carbocycles. The van der Waals surface area contributed by atoms with E-state index in [2.05, 4.69) is 15.9 Å². The first-order valence-corrected chi connectivity index (χ1v) is 7.32. The van der Waals surface area contributed by atoms with Crippen LogP contribution in [0.15, 0.2) is 40.9 Å². The van der Waals surface area contributed by atoms with Gasteiger partial charge in [-0.1, -0.05) is 22.0 Å². The average Bonchev–Trinajstić information content (AvgIpc) is 2.82. The summed E-state index contributed by atoms with van der Waals surface area (Å²) in [6, 6.07) is 11.5. The second-order valence-electron chi connectivity index (χ2n) is 5.07. The van der Waals surface area contributed by atoms with Gasteiger partial charge in [-0.15, -0.1) is 0 Å². The Morgan fingerprint density at radius 1 is 1.30 bits per heavy atom. The minimum absolute atomic E-state index is 0.0266. The molecule has 4 heteroatoms. The maximum atomic E-state index is 12.7. The van der Waals surface area contributed by atoms with Gasteiger partial charge in [-0.2, -0.15) is 0 Å². The van der Waals surface area contributed by atoms with Crippen molar-refractivity contribution in [2.24, 2.45) is 0 Å². The van der Waals surface area contributed by atoms with E-state index in [-0.39, 0.29) is 5.91 Å². The molecule has 1 heterocycles. The summed E-state index contributed by atoms with van der Waals surface area (Å²) in [7, 11) is 0. The van der Waals surface area contributed by atoms with E-state index in [0.717, 1.165) is 33.4 Å². The van der Waals surface area contributed by atoms with Crippen molar-refractivity contribution in [1.82, 2.24) is 0 Å². The fourth-order valence-electron chi connectivity index (χ4n) is 2.69. The molecule has 2 N–H and O–H groups in total. The van der Waals surface area contributed by atoms with Gasteiger partial charge in [-0.3, -0.25) is 4.79 Å². The monoisotopic (exact) mass is 330 g/mol. The third kappa shape index (κ3) is 2.20. The highest BCUT2D eigenvalue weighted by atomic mass is 79.9. The topological polar surface area (TPSA) is 46.3 Å². The van der Waals surface area contributed by atoms with Crippen molar-refractivity contribution >= 4 is 33.2 Å². The van der Waals surface area contributed by atoms with E-state index in [0.29, 0.717) is 12.1 Å². The number of hydrogen-bond donors (Lipinski definition) is 1. The lowest BCUT2D eigenvalue weighted by Gasteiger charge is -2.18. The zero-order chi connectivity index (χ0) is 14.3. The molecule has 0 unspecified atom stereocenters. The zero-order valence-electron chi connectivity index (χ0n) is 11.2. The van der Waals surface area contributed by atoms with Crippen LogP contribution in [0.25, 0.3) is 0 Å². The molecule has 102 valence electrons. The highest BCUT2D eigenvalue weighted by Gasteiger charge is 2.26. The Balaban J connectivity index is 2.00. The van der Waals surface area contributed by atoms with Crippen molar-refractivity contribution in [2.45, 2.75) is 13.3 Å². The van der Waals surface area contributed by atoms with Crippen molar-refractivity contribution in [1.29, 1.82) is 0 Å². The first kappa shape index (κ1) is 13.2. The lowest BCUT2D eigenvalue weighted by molar-refractivity contribution is 0.0989. The van der Waals surface area contributed by atoms with Crippen LogP contribution >= 0.6 is 15.9 Å². The van der Waals surface area contributed by atoms with Crippen molar-refractivity contribution in [3.8, 4) is 0 Å². The normalized spacial score (nSPS) is 13.4. The lowest BCUT2D eigenvalue weighted by Crippen LogP contribution is -2.28. The van der Waals surface area contributed by atoms with E-state index in [1.807, 2.05) is 48.2 Å². The molecule has 0 atom stereocenters. The van der Waals surface area contributed by atoms with Gasteiger partial charge in [0.05, 0.1) is 0 Å². The van der Waals surface area contributed by atoms with Gasteiger partial charge in [-0.05, 0) is 49.2 Å². The number of aryl methyl sites for hydroxylation is 1. The molecule has 3 rings (SSSR count). The summed E-state index contributed by atoms with van der Waals surface area (Å²) in [5.74, 6) is 0.0266. The third-order valence-electron chi connectivity index (χ3n) is 3.60. The molecule has 2 aromatic carbocycles. The van der Waals surface area contributed by atoms with E-state index in [4.69, 9.17) is 5.73 Å². The molecule has 0 spiro atoms. The lowest BCUT2D eigenvalue weighted by atomic mass is 10.1. The van der Waals surface area contributed by atoms with Crippen molar-refractivity contribution in [3.05, 3.63) is 57.6 Å². The molecule has 2 aromatic rings. The van der Waals surface area contributed by atoms with Crippen LogP contribution in [0, 0.1) is 6.92 Å². The van der Waals surface area contributed by atoms with Crippen molar-refractivity contribution < 1.29 is 4.79 Å². The number of amides is 1. The Morgan fingerprint density at radius 2 is 2.10 bits per heavy atom. The second kappa shape index (κ2) is 4.94. The van der Waals surface area contributed by atoms with Crippen molar-refractivity contribution in [2.75, 3.05) is 17.2 Å². The molecule has 20 heavy (non-hydrogen) atoms. The number of halogens is 1. The average molecular weight is 331 g/mol. The van der Waals surface area contributed by atoms with Crippen LogP contribution in [0.1, 0.15) is 21.5 Å². The molecule has 0 saturated heterocycles. The SMILES string of the molecule is Cc1cc(Br)cc(C(=O)N2CCc3c(N)cccc32)c1. The molecule has 1 aliphatic heterocycles. The summed E-state index contributed by atoms with van der Waals surface area (Å²) in [4.78, 5) is 14.5. The second-order valence-corrected chi connectivity index (χ2v) is 5.98. The summed E-state index contributed by atoms with van der Waals surface area (Å²) < 4.78 is 0.924. The Hall–Kier alpha value is -1.81. The standard InChI is InChI=1S/C16H15BrN2O/c1-10-7-11(9-12(17)8-10)16(20)19-6-5-13-14(18)3-2-4-15(13)19/h2-4,7-9H,5-6,18H2,1H3. The summed E-state index contributed by atoms with van der Waals surface area (Å²) >= 11 is 3.44. The molecule has 0 fully saturated rings. The van der Waals surface area contributed by atoms with E-state index in [9.17, 15) is 4.79 Å². The summed E-state index contributed by atoms with van der Waals surface area (Å²) in [6.45, 7) is 2.67. The number of nitrogens with zero attached hydrogens (tertiary/aromatic N) is 1. The fourth-order valence-corrected chi connectivity index (χ4v) is 3.30. The van der Waals surface area contributed by atoms with Crippen LogP contribution in [-0.2, 0) is 6.42 Å². The minimum Gasteiger partial charge on any atom is -0.398 e. The van der Waals surface area contributed by atoms with Gasteiger partial charge in [0.2, 0.25) is 0 Å². The molecule has 1 aliphatic rings. The fraction of sp³-hybridized carbons (Fsp3) is 0.188. The molecular weight excluding hydrogens is 316 g/mol. The molecule has 0 radical (unpaired) electrons. The Bertz CT molecular complexity index is 677. The molecule has 3 nitrogen and oxygen atoms in total. The Kier molecular flexibility index (Phi) is 3.26. The first-order valence-electron chi connectivity index (χ1n) is 6.52. The Morgan fingerprint density at radius 3 is 2.85 bits per heavy atom. The summed E-state index contributed by atoms with van der Waals surface area (Å²) in [5.41, 5.74) is 10.5. The number of nitrogens with two attached hydrogens (primary N) is 1. The largest absolute Gasteiger partial charge is 0.398 e. The van der Waals surface area contributed by atoms with E-state index >= 15 is 0 Å². The number of anilines is 2. The minimum atomic E-state index is 0.0266. The van der Waals surface area contributed by atoms with Crippen LogP contribution in [0.4, 0.5) is 11.4 Å².